The topological polar surface area (TPSA) is 78.5 Å². The fourth-order valence-electron chi connectivity index (χ4n) is 2.65. The van der Waals surface area contributed by atoms with Gasteiger partial charge in [-0.05, 0) is 32.0 Å². The minimum absolute atomic E-state index is 0.0376. The fourth-order valence-corrected chi connectivity index (χ4v) is 2.65. The van der Waals surface area contributed by atoms with Crippen LogP contribution in [0.3, 0.4) is 0 Å². The molecule has 2 aliphatic rings. The first kappa shape index (κ1) is 12.7. The first-order valence-corrected chi connectivity index (χ1v) is 6.47. The average molecular weight is 273 g/mol. The molecule has 1 aromatic rings. The third-order valence-corrected chi connectivity index (χ3v) is 3.87. The maximum absolute atomic E-state index is 12.0. The number of nitrogens with one attached hydrogen (secondary N) is 2. The number of hydrogen-bond acceptors (Lipinski definition) is 4. The van der Waals surface area contributed by atoms with Crippen LogP contribution in [0.5, 0.6) is 0 Å². The van der Waals surface area contributed by atoms with Crippen LogP contribution in [-0.2, 0) is 9.59 Å². The van der Waals surface area contributed by atoms with Gasteiger partial charge >= 0.3 is 0 Å². The minimum atomic E-state index is -0.668. The summed E-state index contributed by atoms with van der Waals surface area (Å²) in [6.45, 7) is 4.95. The molecule has 6 nitrogen and oxygen atoms in total. The van der Waals surface area contributed by atoms with Crippen LogP contribution in [-0.4, -0.2) is 36.2 Å². The second-order valence-corrected chi connectivity index (χ2v) is 5.48. The molecule has 0 bridgehead atoms. The van der Waals surface area contributed by atoms with Crippen molar-refractivity contribution in [1.29, 1.82) is 0 Å². The van der Waals surface area contributed by atoms with Gasteiger partial charge < -0.3 is 15.5 Å². The summed E-state index contributed by atoms with van der Waals surface area (Å²) in [5.74, 6) is -1.15. The molecule has 20 heavy (non-hydrogen) atoms. The molecule has 2 heterocycles. The lowest BCUT2D eigenvalue weighted by Crippen LogP contribution is -2.62. The molecule has 0 atom stereocenters. The zero-order valence-electron chi connectivity index (χ0n) is 11.3. The van der Waals surface area contributed by atoms with Gasteiger partial charge in [0.2, 0.25) is 5.91 Å². The lowest BCUT2D eigenvalue weighted by atomic mass is 9.97. The van der Waals surface area contributed by atoms with Crippen molar-refractivity contribution in [3.63, 3.8) is 0 Å². The molecule has 2 aliphatic heterocycles. The second-order valence-electron chi connectivity index (χ2n) is 5.48. The van der Waals surface area contributed by atoms with E-state index in [1.807, 2.05) is 18.7 Å². The van der Waals surface area contributed by atoms with Gasteiger partial charge in [0, 0.05) is 18.8 Å². The molecule has 0 spiro atoms. The number of ketones is 1. The highest BCUT2D eigenvalue weighted by Gasteiger charge is 2.38. The van der Waals surface area contributed by atoms with Crippen molar-refractivity contribution < 1.29 is 14.4 Å². The maximum Gasteiger partial charge on any atom is 0.296 e. The second kappa shape index (κ2) is 4.06. The molecule has 2 amide bonds. The predicted molar refractivity (Wildman–Crippen MR) is 73.8 cm³/mol. The molecule has 1 fully saturated rings. The van der Waals surface area contributed by atoms with Crippen LogP contribution in [0.25, 0.3) is 0 Å². The van der Waals surface area contributed by atoms with Gasteiger partial charge in [0.05, 0.1) is 11.3 Å². The Morgan fingerprint density at radius 3 is 2.70 bits per heavy atom. The SMILES string of the molecule is CC1(C)C(=O)NCCN1c1ccc2c(c1)NC(=O)C2=O. The molecular formula is C14H15N3O3. The number of amides is 2. The lowest BCUT2D eigenvalue weighted by Gasteiger charge is -2.43. The van der Waals surface area contributed by atoms with Crippen LogP contribution in [0.2, 0.25) is 0 Å². The Kier molecular flexibility index (Phi) is 2.57. The van der Waals surface area contributed by atoms with Crippen molar-refractivity contribution >= 4 is 29.0 Å². The van der Waals surface area contributed by atoms with E-state index < -0.39 is 17.2 Å². The highest BCUT2D eigenvalue weighted by Crippen LogP contribution is 2.32. The zero-order valence-corrected chi connectivity index (χ0v) is 11.3. The molecule has 0 unspecified atom stereocenters. The van der Waals surface area contributed by atoms with E-state index in [1.165, 1.54) is 0 Å². The average Bonchev–Trinajstić information content (AvgIpc) is 2.68. The van der Waals surface area contributed by atoms with E-state index in [0.717, 1.165) is 5.69 Å². The molecular weight excluding hydrogens is 258 g/mol. The Balaban J connectivity index is 2.00. The van der Waals surface area contributed by atoms with Crippen LogP contribution < -0.4 is 15.5 Å². The molecule has 6 heteroatoms. The minimum Gasteiger partial charge on any atom is -0.356 e. The number of Topliss-reactive ketones (excluding diaryl/α,β-unsaturated/α-hetero) is 1. The summed E-state index contributed by atoms with van der Waals surface area (Å²) >= 11 is 0. The van der Waals surface area contributed by atoms with Crippen LogP contribution in [0.1, 0.15) is 24.2 Å². The first-order valence-electron chi connectivity index (χ1n) is 6.47. The number of fused-ring (bicyclic) bond motifs is 1. The van der Waals surface area contributed by atoms with Crippen molar-refractivity contribution in [1.82, 2.24) is 5.32 Å². The normalized spacial score (nSPS) is 20.5. The lowest BCUT2D eigenvalue weighted by molar-refractivity contribution is -0.126. The third kappa shape index (κ3) is 1.68. The number of benzene rings is 1. The molecule has 0 saturated carbocycles. The third-order valence-electron chi connectivity index (χ3n) is 3.87. The largest absolute Gasteiger partial charge is 0.356 e. The van der Waals surface area contributed by atoms with Gasteiger partial charge in [-0.1, -0.05) is 0 Å². The number of carbonyl (C=O) groups is 3. The van der Waals surface area contributed by atoms with Gasteiger partial charge in [-0.25, -0.2) is 0 Å². The van der Waals surface area contributed by atoms with Crippen molar-refractivity contribution in [2.24, 2.45) is 0 Å². The van der Waals surface area contributed by atoms with Crippen molar-refractivity contribution in [3.8, 4) is 0 Å². The zero-order chi connectivity index (χ0) is 14.5. The smallest absolute Gasteiger partial charge is 0.296 e. The molecule has 1 aromatic carbocycles. The number of anilines is 2. The van der Waals surface area contributed by atoms with E-state index >= 15 is 0 Å². The highest BCUT2D eigenvalue weighted by molar-refractivity contribution is 6.51. The first-order chi connectivity index (χ1) is 9.41. The Morgan fingerprint density at radius 2 is 1.95 bits per heavy atom. The van der Waals surface area contributed by atoms with Crippen molar-refractivity contribution in [2.45, 2.75) is 19.4 Å². The van der Waals surface area contributed by atoms with Crippen LogP contribution in [0.15, 0.2) is 18.2 Å². The van der Waals surface area contributed by atoms with Gasteiger partial charge in [-0.2, -0.15) is 0 Å². The molecule has 104 valence electrons. The monoisotopic (exact) mass is 273 g/mol. The summed E-state index contributed by atoms with van der Waals surface area (Å²) < 4.78 is 0. The van der Waals surface area contributed by atoms with Gasteiger partial charge in [0.25, 0.3) is 11.7 Å². The van der Waals surface area contributed by atoms with Crippen LogP contribution in [0.4, 0.5) is 11.4 Å². The Hall–Kier alpha value is -2.37. The van der Waals surface area contributed by atoms with Crippen molar-refractivity contribution in [3.05, 3.63) is 23.8 Å². The van der Waals surface area contributed by atoms with Gasteiger partial charge in [-0.3, -0.25) is 14.4 Å². The van der Waals surface area contributed by atoms with Crippen molar-refractivity contribution in [2.75, 3.05) is 23.3 Å². The van der Waals surface area contributed by atoms with Gasteiger partial charge in [0.1, 0.15) is 5.54 Å². The summed E-state index contributed by atoms with van der Waals surface area (Å²) in [5, 5.41) is 5.38. The van der Waals surface area contributed by atoms with E-state index in [-0.39, 0.29) is 5.91 Å². The number of hydrogen-bond donors (Lipinski definition) is 2. The van der Waals surface area contributed by atoms with E-state index in [4.69, 9.17) is 0 Å². The quantitative estimate of drug-likeness (QED) is 0.732. The predicted octanol–water partition coefficient (Wildman–Crippen LogP) is 0.536. The summed E-state index contributed by atoms with van der Waals surface area (Å²) in [7, 11) is 0. The van der Waals surface area contributed by atoms with E-state index in [1.54, 1.807) is 18.2 Å². The van der Waals surface area contributed by atoms with Crippen LogP contribution in [0, 0.1) is 0 Å². The Bertz CT molecular complexity index is 637. The maximum atomic E-state index is 12.0. The summed E-state index contributed by atoms with van der Waals surface area (Å²) in [4.78, 5) is 36.9. The molecule has 0 radical (unpaired) electrons. The number of carbonyl (C=O) groups excluding carboxylic acids is 3. The molecule has 3 rings (SSSR count). The van der Waals surface area contributed by atoms with E-state index in [9.17, 15) is 14.4 Å². The highest BCUT2D eigenvalue weighted by atomic mass is 16.2. The molecule has 1 saturated heterocycles. The standard InChI is InChI=1S/C14H15N3O3/c1-14(2)13(20)15-5-6-17(14)8-3-4-9-10(7-8)16-12(19)11(9)18/h3-4,7H,5-6H2,1-2H3,(H,15,20)(H,16,18,19). The van der Waals surface area contributed by atoms with E-state index in [0.29, 0.717) is 24.3 Å². The Labute approximate surface area is 116 Å². The summed E-state index contributed by atoms with van der Waals surface area (Å²) in [5.41, 5.74) is 1.05. The number of nitrogens with zero attached hydrogens (tertiary/aromatic N) is 1. The van der Waals surface area contributed by atoms with Gasteiger partial charge in [0.15, 0.2) is 0 Å². The molecule has 2 N–H and O–H groups in total. The summed E-state index contributed by atoms with van der Waals surface area (Å²) in [6, 6.07) is 5.16. The number of rotatable bonds is 1. The number of piperazine rings is 1. The van der Waals surface area contributed by atoms with E-state index in [2.05, 4.69) is 10.6 Å². The Morgan fingerprint density at radius 1 is 1.20 bits per heavy atom. The van der Waals surface area contributed by atoms with Crippen LogP contribution >= 0.6 is 0 Å². The molecule has 0 aromatic heterocycles. The summed E-state index contributed by atoms with van der Waals surface area (Å²) in [6.07, 6.45) is 0. The fraction of sp³-hybridized carbons (Fsp3) is 0.357. The molecule has 0 aliphatic carbocycles. The van der Waals surface area contributed by atoms with Gasteiger partial charge in [-0.15, -0.1) is 0 Å².